The summed E-state index contributed by atoms with van der Waals surface area (Å²) >= 11 is 0. The van der Waals surface area contributed by atoms with Crippen LogP contribution in [0.5, 0.6) is 0 Å². The Morgan fingerprint density at radius 3 is 1.93 bits per heavy atom. The number of hydrogen-bond acceptors (Lipinski definition) is 5. The minimum absolute atomic E-state index is 0.115. The molecule has 0 aromatic rings. The van der Waals surface area contributed by atoms with Gasteiger partial charge in [-0.15, -0.1) is 0 Å². The van der Waals surface area contributed by atoms with E-state index in [4.69, 9.17) is 0 Å². The van der Waals surface area contributed by atoms with Gasteiger partial charge in [-0.25, -0.2) is 8.42 Å². The zero-order chi connectivity index (χ0) is 20.3. The Hall–Kier alpha value is -0.990. The number of Topliss-reactive ketones (excluding diaryl/α,β-unsaturated/α-hetero) is 1. The molecule has 8 heteroatoms. The number of likely N-dealkylation sites (tertiary alicyclic amines) is 1. The molecule has 28 heavy (non-hydrogen) atoms. The van der Waals surface area contributed by atoms with Crippen LogP contribution in [0.4, 0.5) is 0 Å². The highest BCUT2D eigenvalue weighted by Gasteiger charge is 2.38. The highest BCUT2D eigenvalue weighted by Crippen LogP contribution is 2.30. The normalized spacial score (nSPS) is 29.0. The van der Waals surface area contributed by atoms with E-state index < -0.39 is 10.0 Å². The summed E-state index contributed by atoms with van der Waals surface area (Å²) in [6, 6.07) is 0.490. The maximum Gasteiger partial charge on any atom is 0.222 e. The highest BCUT2D eigenvalue weighted by molar-refractivity contribution is 7.89. The van der Waals surface area contributed by atoms with Gasteiger partial charge >= 0.3 is 0 Å². The Bertz CT molecular complexity index is 657. The van der Waals surface area contributed by atoms with E-state index in [0.717, 1.165) is 38.8 Å². The molecule has 7 nitrogen and oxygen atoms in total. The Balaban J connectivity index is 1.48. The number of ketones is 1. The zero-order valence-electron chi connectivity index (χ0n) is 17.3. The summed E-state index contributed by atoms with van der Waals surface area (Å²) < 4.78 is 27.8. The molecule has 2 saturated heterocycles. The molecule has 0 aromatic carbocycles. The van der Waals surface area contributed by atoms with Crippen molar-refractivity contribution in [2.45, 2.75) is 70.1 Å². The lowest BCUT2D eigenvalue weighted by atomic mass is 9.83. The molecule has 2 heterocycles. The molecular formula is C20H35N3O4S. The Kier molecular flexibility index (Phi) is 7.15. The van der Waals surface area contributed by atoms with Crippen molar-refractivity contribution in [1.82, 2.24) is 14.1 Å². The van der Waals surface area contributed by atoms with E-state index in [1.807, 2.05) is 6.92 Å². The SMILES string of the molecule is CCC(=O)N1CCC(S(=O)(=O)N2CCN(C3CCC(C(C)=O)CC3)CC2)CC1. The van der Waals surface area contributed by atoms with Gasteiger partial charge in [0.15, 0.2) is 0 Å². The highest BCUT2D eigenvalue weighted by atomic mass is 32.2. The molecule has 3 aliphatic rings. The Morgan fingerprint density at radius 1 is 0.857 bits per heavy atom. The van der Waals surface area contributed by atoms with Crippen LogP contribution in [0.2, 0.25) is 0 Å². The van der Waals surface area contributed by atoms with Gasteiger partial charge in [-0.2, -0.15) is 4.31 Å². The molecule has 0 bridgehead atoms. The first-order chi connectivity index (χ1) is 13.3. The number of hydrogen-bond donors (Lipinski definition) is 0. The van der Waals surface area contributed by atoms with Crippen LogP contribution in [0.1, 0.15) is 58.8 Å². The first-order valence-corrected chi connectivity index (χ1v) is 12.3. The van der Waals surface area contributed by atoms with Gasteiger partial charge in [0.2, 0.25) is 15.9 Å². The third kappa shape index (κ3) is 4.76. The summed E-state index contributed by atoms with van der Waals surface area (Å²) in [5, 5.41) is -0.356. The van der Waals surface area contributed by atoms with Crippen LogP contribution in [0.3, 0.4) is 0 Å². The van der Waals surface area contributed by atoms with Crippen LogP contribution < -0.4 is 0 Å². The zero-order valence-corrected chi connectivity index (χ0v) is 18.1. The van der Waals surface area contributed by atoms with Gasteiger partial charge in [0.1, 0.15) is 5.78 Å². The predicted molar refractivity (Wildman–Crippen MR) is 108 cm³/mol. The first kappa shape index (κ1) is 21.7. The predicted octanol–water partition coefficient (Wildman–Crippen LogP) is 1.48. The molecule has 0 radical (unpaired) electrons. The van der Waals surface area contributed by atoms with Crippen molar-refractivity contribution in [2.75, 3.05) is 39.3 Å². The van der Waals surface area contributed by atoms with Crippen molar-refractivity contribution < 1.29 is 18.0 Å². The molecule has 0 unspecified atom stereocenters. The molecule has 160 valence electrons. The summed E-state index contributed by atoms with van der Waals surface area (Å²) in [6.07, 6.45) is 5.59. The number of carbonyl (C=O) groups is 2. The van der Waals surface area contributed by atoms with E-state index in [0.29, 0.717) is 57.3 Å². The van der Waals surface area contributed by atoms with Gasteiger partial charge in [0.25, 0.3) is 0 Å². The van der Waals surface area contributed by atoms with Crippen LogP contribution in [0, 0.1) is 5.92 Å². The lowest BCUT2D eigenvalue weighted by molar-refractivity contribution is -0.131. The van der Waals surface area contributed by atoms with Gasteiger partial charge in [-0.3, -0.25) is 14.5 Å². The van der Waals surface area contributed by atoms with Gasteiger partial charge < -0.3 is 4.90 Å². The Morgan fingerprint density at radius 2 is 1.43 bits per heavy atom. The number of rotatable bonds is 5. The number of piperidine rings is 1. The van der Waals surface area contributed by atoms with Crippen LogP contribution >= 0.6 is 0 Å². The number of piperazine rings is 1. The van der Waals surface area contributed by atoms with E-state index in [2.05, 4.69) is 4.90 Å². The molecule has 1 saturated carbocycles. The van der Waals surface area contributed by atoms with Gasteiger partial charge in [0, 0.05) is 57.6 Å². The minimum Gasteiger partial charge on any atom is -0.343 e. The van der Waals surface area contributed by atoms with E-state index >= 15 is 0 Å². The van der Waals surface area contributed by atoms with Crippen molar-refractivity contribution in [3.05, 3.63) is 0 Å². The third-order valence-electron chi connectivity index (χ3n) is 6.94. The molecule has 2 aliphatic heterocycles. The quantitative estimate of drug-likeness (QED) is 0.682. The number of amides is 1. The third-order valence-corrected chi connectivity index (χ3v) is 9.34. The van der Waals surface area contributed by atoms with Crippen molar-refractivity contribution in [3.63, 3.8) is 0 Å². The summed E-state index contributed by atoms with van der Waals surface area (Å²) in [4.78, 5) is 27.6. The lowest BCUT2D eigenvalue weighted by Gasteiger charge is -2.42. The standard InChI is InChI=1S/C20H35N3O4S/c1-3-20(25)22-10-8-19(9-11-22)28(26,27)23-14-12-21(13-15-23)18-6-4-17(5-7-18)16(2)24/h17-19H,3-15H2,1-2H3. The largest absolute Gasteiger partial charge is 0.343 e. The second kappa shape index (κ2) is 9.22. The van der Waals surface area contributed by atoms with Crippen LogP contribution in [0.25, 0.3) is 0 Å². The molecule has 0 N–H and O–H groups in total. The maximum atomic E-state index is 13.1. The van der Waals surface area contributed by atoms with Crippen LogP contribution in [0.15, 0.2) is 0 Å². The van der Waals surface area contributed by atoms with Gasteiger partial charge in [-0.1, -0.05) is 6.92 Å². The molecular weight excluding hydrogens is 378 g/mol. The monoisotopic (exact) mass is 413 g/mol. The summed E-state index contributed by atoms with van der Waals surface area (Å²) in [7, 11) is -3.29. The molecule has 0 spiro atoms. The fourth-order valence-corrected chi connectivity index (χ4v) is 6.91. The van der Waals surface area contributed by atoms with E-state index in [1.54, 1.807) is 16.1 Å². The number of carbonyl (C=O) groups excluding carboxylic acids is 2. The molecule has 3 rings (SSSR count). The number of sulfonamides is 1. The lowest BCUT2D eigenvalue weighted by Crippen LogP contribution is -2.55. The average Bonchev–Trinajstić information content (AvgIpc) is 2.73. The van der Waals surface area contributed by atoms with Crippen LogP contribution in [-0.4, -0.2) is 84.8 Å². The topological polar surface area (TPSA) is 78.0 Å². The molecule has 1 aliphatic carbocycles. The van der Waals surface area contributed by atoms with E-state index in [-0.39, 0.29) is 17.1 Å². The Labute approximate surface area is 169 Å². The smallest absolute Gasteiger partial charge is 0.222 e. The molecule has 1 amide bonds. The summed E-state index contributed by atoms with van der Waals surface area (Å²) in [5.41, 5.74) is 0. The maximum absolute atomic E-state index is 13.1. The number of nitrogens with zero attached hydrogens (tertiary/aromatic N) is 3. The van der Waals surface area contributed by atoms with Crippen molar-refractivity contribution in [3.8, 4) is 0 Å². The first-order valence-electron chi connectivity index (χ1n) is 10.8. The van der Waals surface area contributed by atoms with Crippen molar-refractivity contribution in [1.29, 1.82) is 0 Å². The second-order valence-electron chi connectivity index (χ2n) is 8.53. The van der Waals surface area contributed by atoms with Crippen molar-refractivity contribution in [2.24, 2.45) is 5.92 Å². The molecule has 0 aromatic heterocycles. The van der Waals surface area contributed by atoms with E-state index in [9.17, 15) is 18.0 Å². The van der Waals surface area contributed by atoms with Gasteiger partial charge in [0.05, 0.1) is 5.25 Å². The van der Waals surface area contributed by atoms with Crippen LogP contribution in [-0.2, 0) is 19.6 Å². The second-order valence-corrected chi connectivity index (χ2v) is 10.7. The summed E-state index contributed by atoms with van der Waals surface area (Å²) in [6.45, 7) is 7.32. The summed E-state index contributed by atoms with van der Waals surface area (Å²) in [5.74, 6) is 0.647. The molecule has 0 atom stereocenters. The average molecular weight is 414 g/mol. The minimum atomic E-state index is -3.29. The van der Waals surface area contributed by atoms with Crippen molar-refractivity contribution >= 4 is 21.7 Å². The van der Waals surface area contributed by atoms with Gasteiger partial charge in [-0.05, 0) is 45.4 Å². The fourth-order valence-electron chi connectivity index (χ4n) is 5.01. The van der Waals surface area contributed by atoms with E-state index in [1.165, 1.54) is 0 Å². The molecule has 3 fully saturated rings. The fraction of sp³-hybridized carbons (Fsp3) is 0.900.